The van der Waals surface area contributed by atoms with E-state index in [0.717, 1.165) is 11.1 Å². The van der Waals surface area contributed by atoms with E-state index >= 15 is 0 Å². The Morgan fingerprint density at radius 2 is 1.04 bits per heavy atom. The van der Waals surface area contributed by atoms with Crippen LogP contribution >= 0.6 is 0 Å². The van der Waals surface area contributed by atoms with Gasteiger partial charge in [0.15, 0.2) is 0 Å². The topological polar surface area (TPSA) is 52.6 Å². The first kappa shape index (κ1) is 19.7. The Kier molecular flexibility index (Phi) is 7.87. The fourth-order valence-electron chi connectivity index (χ4n) is 2.73. The highest BCUT2D eigenvalue weighted by Crippen LogP contribution is 2.19. The van der Waals surface area contributed by atoms with Crippen molar-refractivity contribution in [2.45, 2.75) is 38.5 Å². The molecule has 2 unspecified atom stereocenters. The van der Waals surface area contributed by atoms with Crippen molar-refractivity contribution in [1.82, 2.24) is 0 Å². The largest absolute Gasteiger partial charge is 0.462 e. The van der Waals surface area contributed by atoms with E-state index in [0.29, 0.717) is 12.8 Å². The molecule has 4 heteroatoms. The van der Waals surface area contributed by atoms with Crippen molar-refractivity contribution in [1.29, 1.82) is 0 Å². The zero-order valence-electron chi connectivity index (χ0n) is 15.4. The zero-order chi connectivity index (χ0) is 18.8. The molecule has 2 aromatic rings. The van der Waals surface area contributed by atoms with Gasteiger partial charge in [-0.1, -0.05) is 74.5 Å². The highest BCUT2D eigenvalue weighted by molar-refractivity contribution is 5.71. The molecule has 0 bridgehead atoms. The average Bonchev–Trinajstić information content (AvgIpc) is 2.66. The molecule has 0 aromatic heterocycles. The van der Waals surface area contributed by atoms with Crippen molar-refractivity contribution in [3.63, 3.8) is 0 Å². The summed E-state index contributed by atoms with van der Waals surface area (Å²) in [5.41, 5.74) is 2.21. The van der Waals surface area contributed by atoms with Gasteiger partial charge < -0.3 is 9.47 Å². The molecule has 0 N–H and O–H groups in total. The molecular formula is C22H26O4. The minimum Gasteiger partial charge on any atom is -0.462 e. The summed E-state index contributed by atoms with van der Waals surface area (Å²) >= 11 is 0. The van der Waals surface area contributed by atoms with Crippen molar-refractivity contribution in [2.75, 3.05) is 13.2 Å². The van der Waals surface area contributed by atoms with Crippen LogP contribution in [-0.4, -0.2) is 25.2 Å². The molecule has 138 valence electrons. The van der Waals surface area contributed by atoms with E-state index in [1.165, 1.54) is 0 Å². The van der Waals surface area contributed by atoms with Crippen LogP contribution in [0.2, 0.25) is 0 Å². The van der Waals surface area contributed by atoms with Gasteiger partial charge in [0, 0.05) is 0 Å². The summed E-state index contributed by atoms with van der Waals surface area (Å²) < 4.78 is 10.3. The molecule has 0 aliphatic rings. The predicted molar refractivity (Wildman–Crippen MR) is 101 cm³/mol. The van der Waals surface area contributed by atoms with E-state index in [9.17, 15) is 9.59 Å². The van der Waals surface area contributed by atoms with Crippen LogP contribution in [0.3, 0.4) is 0 Å². The highest BCUT2D eigenvalue weighted by Gasteiger charge is 2.14. The van der Waals surface area contributed by atoms with Crippen LogP contribution in [0.1, 0.15) is 49.7 Å². The molecule has 0 radical (unpaired) electrons. The first-order valence-corrected chi connectivity index (χ1v) is 8.97. The summed E-state index contributed by atoms with van der Waals surface area (Å²) in [5, 5.41) is 0. The van der Waals surface area contributed by atoms with Gasteiger partial charge in [-0.25, -0.2) is 0 Å². The van der Waals surface area contributed by atoms with Crippen LogP contribution in [0, 0.1) is 0 Å². The second-order valence-corrected chi connectivity index (χ2v) is 6.47. The Labute approximate surface area is 155 Å². The molecule has 2 aromatic carbocycles. The lowest BCUT2D eigenvalue weighted by molar-refractivity contribution is -0.152. The number of hydrogen-bond donors (Lipinski definition) is 0. The van der Waals surface area contributed by atoms with E-state index < -0.39 is 0 Å². The molecular weight excluding hydrogens is 328 g/mol. The summed E-state index contributed by atoms with van der Waals surface area (Å²) in [6.45, 7) is 4.15. The van der Waals surface area contributed by atoms with Gasteiger partial charge in [-0.05, 0) is 23.0 Å². The standard InChI is InChI=1S/C22H26O4/c1-17(19-9-5-3-6-10-19)15-21(23)25-13-14-26-22(24)16-18(2)20-11-7-4-8-12-20/h3-12,17-18H,13-16H2,1-2H3. The van der Waals surface area contributed by atoms with Gasteiger partial charge >= 0.3 is 11.9 Å². The molecule has 0 amide bonds. The zero-order valence-corrected chi connectivity index (χ0v) is 15.4. The average molecular weight is 354 g/mol. The molecule has 0 spiro atoms. The lowest BCUT2D eigenvalue weighted by Gasteiger charge is -2.13. The number of esters is 2. The molecule has 4 nitrogen and oxygen atoms in total. The Bertz CT molecular complexity index is 620. The van der Waals surface area contributed by atoms with Crippen LogP contribution < -0.4 is 0 Å². The second kappa shape index (κ2) is 10.4. The number of hydrogen-bond acceptors (Lipinski definition) is 4. The third kappa shape index (κ3) is 6.71. The lowest BCUT2D eigenvalue weighted by Crippen LogP contribution is -2.16. The maximum atomic E-state index is 11.9. The molecule has 0 saturated carbocycles. The first-order chi connectivity index (χ1) is 12.6. The quantitative estimate of drug-likeness (QED) is 0.493. The number of rotatable bonds is 9. The van der Waals surface area contributed by atoms with Gasteiger partial charge in [0.05, 0.1) is 12.8 Å². The fraction of sp³-hybridized carbons (Fsp3) is 0.364. The predicted octanol–water partition coefficient (Wildman–Crippen LogP) is 4.46. The monoisotopic (exact) mass is 354 g/mol. The van der Waals surface area contributed by atoms with E-state index in [2.05, 4.69) is 0 Å². The molecule has 0 heterocycles. The number of carbonyl (C=O) groups is 2. The Balaban J connectivity index is 1.62. The molecule has 0 aliphatic carbocycles. The maximum Gasteiger partial charge on any atom is 0.306 e. The third-order valence-electron chi connectivity index (χ3n) is 4.29. The highest BCUT2D eigenvalue weighted by atomic mass is 16.6. The summed E-state index contributed by atoms with van der Waals surface area (Å²) in [5.74, 6) is -0.374. The molecule has 0 fully saturated rings. The molecule has 2 rings (SSSR count). The Morgan fingerprint density at radius 1 is 0.692 bits per heavy atom. The maximum absolute atomic E-state index is 11.9. The summed E-state index contributed by atoms with van der Waals surface area (Å²) in [4.78, 5) is 23.7. The van der Waals surface area contributed by atoms with Crippen molar-refractivity contribution in [3.05, 3.63) is 71.8 Å². The van der Waals surface area contributed by atoms with Crippen LogP contribution in [0.5, 0.6) is 0 Å². The van der Waals surface area contributed by atoms with Crippen LogP contribution in [0.15, 0.2) is 60.7 Å². The van der Waals surface area contributed by atoms with Gasteiger partial charge in [-0.15, -0.1) is 0 Å². The Hall–Kier alpha value is -2.62. The van der Waals surface area contributed by atoms with Gasteiger partial charge in [0.25, 0.3) is 0 Å². The second-order valence-electron chi connectivity index (χ2n) is 6.47. The third-order valence-corrected chi connectivity index (χ3v) is 4.29. The van der Waals surface area contributed by atoms with Gasteiger partial charge in [-0.2, -0.15) is 0 Å². The van der Waals surface area contributed by atoms with Gasteiger partial charge in [-0.3, -0.25) is 9.59 Å². The lowest BCUT2D eigenvalue weighted by atomic mass is 9.98. The van der Waals surface area contributed by atoms with E-state index in [4.69, 9.17) is 9.47 Å². The van der Waals surface area contributed by atoms with Crippen LogP contribution in [0.4, 0.5) is 0 Å². The van der Waals surface area contributed by atoms with E-state index in [1.54, 1.807) is 0 Å². The van der Waals surface area contributed by atoms with Crippen LogP contribution in [-0.2, 0) is 19.1 Å². The minimum atomic E-state index is -0.282. The fourth-order valence-corrected chi connectivity index (χ4v) is 2.73. The first-order valence-electron chi connectivity index (χ1n) is 8.97. The van der Waals surface area contributed by atoms with Crippen molar-refractivity contribution >= 4 is 11.9 Å². The molecule has 2 atom stereocenters. The minimum absolute atomic E-state index is 0.0891. The summed E-state index contributed by atoms with van der Waals surface area (Å²) in [7, 11) is 0. The summed E-state index contributed by atoms with van der Waals surface area (Å²) in [6.07, 6.45) is 0.617. The molecule has 0 aliphatic heterocycles. The number of benzene rings is 2. The number of carbonyl (C=O) groups excluding carboxylic acids is 2. The number of ether oxygens (including phenoxy) is 2. The van der Waals surface area contributed by atoms with E-state index in [-0.39, 0.29) is 37.0 Å². The van der Waals surface area contributed by atoms with Crippen molar-refractivity contribution in [3.8, 4) is 0 Å². The molecule has 26 heavy (non-hydrogen) atoms. The van der Waals surface area contributed by atoms with Gasteiger partial charge in [0.1, 0.15) is 13.2 Å². The molecule has 0 saturated heterocycles. The summed E-state index contributed by atoms with van der Waals surface area (Å²) in [6, 6.07) is 19.7. The normalized spacial score (nSPS) is 12.8. The van der Waals surface area contributed by atoms with Crippen molar-refractivity contribution in [2.24, 2.45) is 0 Å². The van der Waals surface area contributed by atoms with E-state index in [1.807, 2.05) is 74.5 Å². The smallest absolute Gasteiger partial charge is 0.306 e. The van der Waals surface area contributed by atoms with Gasteiger partial charge in [0.2, 0.25) is 0 Å². The van der Waals surface area contributed by atoms with Crippen LogP contribution in [0.25, 0.3) is 0 Å². The SMILES string of the molecule is CC(CC(=O)OCCOC(=O)CC(C)c1ccccc1)c1ccccc1. The Morgan fingerprint density at radius 3 is 1.38 bits per heavy atom. The van der Waals surface area contributed by atoms with Crippen molar-refractivity contribution < 1.29 is 19.1 Å².